The van der Waals surface area contributed by atoms with E-state index in [4.69, 9.17) is 0 Å². The predicted octanol–water partition coefficient (Wildman–Crippen LogP) is 3.76. The highest BCUT2D eigenvalue weighted by Gasteiger charge is 2.14. The van der Waals surface area contributed by atoms with Gasteiger partial charge in [0, 0.05) is 29.6 Å². The molecule has 0 aliphatic heterocycles. The molecule has 0 unspecified atom stereocenters. The Labute approximate surface area is 148 Å². The van der Waals surface area contributed by atoms with E-state index in [1.165, 1.54) is 11.8 Å². The van der Waals surface area contributed by atoms with Gasteiger partial charge in [0.2, 0.25) is 0 Å². The lowest BCUT2D eigenvalue weighted by molar-refractivity contribution is 0.602. The van der Waals surface area contributed by atoms with Gasteiger partial charge in [0.15, 0.2) is 9.84 Å². The van der Waals surface area contributed by atoms with Gasteiger partial charge >= 0.3 is 0 Å². The summed E-state index contributed by atoms with van der Waals surface area (Å²) in [6, 6.07) is 17.9. The van der Waals surface area contributed by atoms with Crippen molar-refractivity contribution in [3.05, 3.63) is 60.3 Å². The molecule has 5 heteroatoms. The number of benzene rings is 2. The maximum atomic E-state index is 11.7. The van der Waals surface area contributed by atoms with E-state index in [1.54, 1.807) is 35.9 Å². The molecule has 0 N–H and O–H groups in total. The summed E-state index contributed by atoms with van der Waals surface area (Å²) < 4.78 is 24.9. The Morgan fingerprint density at radius 3 is 2.12 bits per heavy atom. The van der Waals surface area contributed by atoms with Crippen LogP contribution in [-0.4, -0.2) is 24.5 Å². The average molecular weight is 350 g/mol. The second kappa shape index (κ2) is 6.58. The van der Waals surface area contributed by atoms with Gasteiger partial charge in [0.25, 0.3) is 0 Å². The molecular formula is C20H18N2O2S. The van der Waals surface area contributed by atoms with E-state index in [2.05, 4.69) is 29.2 Å². The molecule has 1 heterocycles. The third kappa shape index (κ3) is 3.65. The van der Waals surface area contributed by atoms with Crippen molar-refractivity contribution < 1.29 is 8.42 Å². The number of hydrogen-bond acceptors (Lipinski definition) is 3. The zero-order valence-corrected chi connectivity index (χ0v) is 15.1. The van der Waals surface area contributed by atoms with Crippen LogP contribution in [0.2, 0.25) is 0 Å². The molecule has 0 atom stereocenters. The first-order valence-corrected chi connectivity index (χ1v) is 9.67. The van der Waals surface area contributed by atoms with Crippen LogP contribution in [0.1, 0.15) is 12.5 Å². The molecule has 0 bridgehead atoms. The fourth-order valence-electron chi connectivity index (χ4n) is 2.56. The Kier molecular flexibility index (Phi) is 4.47. The first-order chi connectivity index (χ1) is 11.9. The zero-order valence-electron chi connectivity index (χ0n) is 14.3. The molecule has 25 heavy (non-hydrogen) atoms. The van der Waals surface area contributed by atoms with Crippen molar-refractivity contribution in [3.63, 3.8) is 0 Å². The summed E-state index contributed by atoms with van der Waals surface area (Å²) in [5.74, 6) is 2.84. The van der Waals surface area contributed by atoms with Crippen molar-refractivity contribution in [1.29, 1.82) is 0 Å². The lowest BCUT2D eigenvalue weighted by Gasteiger charge is -2.04. The topological polar surface area (TPSA) is 52.0 Å². The van der Waals surface area contributed by atoms with Gasteiger partial charge in [-0.25, -0.2) is 8.42 Å². The quantitative estimate of drug-likeness (QED) is 0.676. The van der Waals surface area contributed by atoms with Crippen LogP contribution in [-0.2, 0) is 9.84 Å². The third-order valence-electron chi connectivity index (χ3n) is 3.86. The number of aryl methyl sites for hydroxylation is 1. The maximum Gasteiger partial charge on any atom is 0.175 e. The normalized spacial score (nSPS) is 11.0. The van der Waals surface area contributed by atoms with Crippen LogP contribution in [0.25, 0.3) is 22.4 Å². The largest absolute Gasteiger partial charge is 0.224 e. The van der Waals surface area contributed by atoms with Gasteiger partial charge in [-0.3, -0.25) is 0 Å². The van der Waals surface area contributed by atoms with Crippen LogP contribution >= 0.6 is 0 Å². The second-order valence-corrected chi connectivity index (χ2v) is 7.88. The van der Waals surface area contributed by atoms with Gasteiger partial charge in [-0.15, -0.1) is 0 Å². The summed E-state index contributed by atoms with van der Waals surface area (Å²) in [7, 11) is -3.22. The smallest absolute Gasteiger partial charge is 0.175 e. The van der Waals surface area contributed by atoms with Gasteiger partial charge in [0.05, 0.1) is 4.90 Å². The van der Waals surface area contributed by atoms with E-state index in [1.807, 2.05) is 25.3 Å². The van der Waals surface area contributed by atoms with Crippen LogP contribution in [0.4, 0.5) is 0 Å². The van der Waals surface area contributed by atoms with E-state index in [9.17, 15) is 8.42 Å². The molecule has 0 saturated heterocycles. The molecule has 0 spiro atoms. The molecule has 2 aromatic carbocycles. The average Bonchev–Trinajstić information content (AvgIpc) is 2.99. The molecule has 0 saturated carbocycles. The Bertz CT molecular complexity index is 1070. The first kappa shape index (κ1) is 17.0. The minimum Gasteiger partial charge on any atom is -0.224 e. The summed E-state index contributed by atoms with van der Waals surface area (Å²) in [4.78, 5) is 0.293. The van der Waals surface area contributed by atoms with E-state index < -0.39 is 9.84 Å². The SMILES string of the molecule is CC#Cn1cc(-c2ccc(C)cc2)c(-c2ccc(S(C)(=O)=O)cc2)n1. The molecule has 3 rings (SSSR count). The van der Waals surface area contributed by atoms with Gasteiger partial charge in [-0.1, -0.05) is 47.9 Å². The Morgan fingerprint density at radius 2 is 1.56 bits per heavy atom. The van der Waals surface area contributed by atoms with Crippen LogP contribution in [0.5, 0.6) is 0 Å². The summed E-state index contributed by atoms with van der Waals surface area (Å²) >= 11 is 0. The molecule has 3 aromatic rings. The Morgan fingerprint density at radius 1 is 0.960 bits per heavy atom. The number of rotatable bonds is 3. The van der Waals surface area contributed by atoms with Crippen molar-refractivity contribution in [2.75, 3.05) is 6.26 Å². The molecule has 0 fully saturated rings. The number of sulfone groups is 1. The summed E-state index contributed by atoms with van der Waals surface area (Å²) in [5.41, 5.74) is 4.79. The van der Waals surface area contributed by atoms with Crippen molar-refractivity contribution >= 4 is 9.84 Å². The van der Waals surface area contributed by atoms with Crippen molar-refractivity contribution in [2.45, 2.75) is 18.7 Å². The van der Waals surface area contributed by atoms with E-state index in [0.717, 1.165) is 22.4 Å². The van der Waals surface area contributed by atoms with Crippen molar-refractivity contribution in [3.8, 4) is 34.3 Å². The van der Waals surface area contributed by atoms with Gasteiger partial charge in [-0.2, -0.15) is 9.78 Å². The number of nitrogens with zero attached hydrogens (tertiary/aromatic N) is 2. The van der Waals surface area contributed by atoms with E-state index >= 15 is 0 Å². The maximum absolute atomic E-state index is 11.7. The van der Waals surface area contributed by atoms with E-state index in [0.29, 0.717) is 4.90 Å². The number of hydrogen-bond donors (Lipinski definition) is 0. The molecule has 1 aromatic heterocycles. The fourth-order valence-corrected chi connectivity index (χ4v) is 3.19. The van der Waals surface area contributed by atoms with Gasteiger partial charge in [-0.05, 0) is 31.5 Å². The standard InChI is InChI=1S/C20H18N2O2S/c1-4-13-22-14-19(16-7-5-15(2)6-8-16)20(21-22)17-9-11-18(12-10-17)25(3,23)24/h5-12,14H,1-3H3. The second-order valence-electron chi connectivity index (χ2n) is 5.86. The molecule has 126 valence electrons. The lowest BCUT2D eigenvalue weighted by atomic mass is 10.0. The van der Waals surface area contributed by atoms with Crippen LogP contribution in [0, 0.1) is 18.9 Å². The zero-order chi connectivity index (χ0) is 18.0. The highest BCUT2D eigenvalue weighted by molar-refractivity contribution is 7.90. The van der Waals surface area contributed by atoms with Gasteiger partial charge < -0.3 is 0 Å². The predicted molar refractivity (Wildman–Crippen MR) is 99.8 cm³/mol. The molecule has 0 aliphatic rings. The summed E-state index contributed by atoms with van der Waals surface area (Å²) in [5, 5.41) is 4.55. The third-order valence-corrected chi connectivity index (χ3v) is 4.99. The summed E-state index contributed by atoms with van der Waals surface area (Å²) in [6.07, 6.45) is 3.09. The molecule has 0 amide bonds. The minimum absolute atomic E-state index is 0.293. The van der Waals surface area contributed by atoms with Crippen molar-refractivity contribution in [1.82, 2.24) is 9.78 Å². The van der Waals surface area contributed by atoms with Crippen molar-refractivity contribution in [2.24, 2.45) is 0 Å². The highest BCUT2D eigenvalue weighted by atomic mass is 32.2. The monoisotopic (exact) mass is 350 g/mol. The van der Waals surface area contributed by atoms with Crippen LogP contribution in [0.3, 0.4) is 0 Å². The molecule has 4 nitrogen and oxygen atoms in total. The Hall–Kier alpha value is -2.84. The fraction of sp³-hybridized carbons (Fsp3) is 0.150. The highest BCUT2D eigenvalue weighted by Crippen LogP contribution is 2.31. The first-order valence-electron chi connectivity index (χ1n) is 7.78. The molecular weight excluding hydrogens is 332 g/mol. The Balaban J connectivity index is 2.14. The van der Waals surface area contributed by atoms with E-state index in [-0.39, 0.29) is 0 Å². The molecule has 0 radical (unpaired) electrons. The van der Waals surface area contributed by atoms with Crippen LogP contribution < -0.4 is 0 Å². The molecule has 0 aliphatic carbocycles. The number of aromatic nitrogens is 2. The van der Waals surface area contributed by atoms with Gasteiger partial charge in [0.1, 0.15) is 5.69 Å². The lowest BCUT2D eigenvalue weighted by Crippen LogP contribution is -1.96. The van der Waals surface area contributed by atoms with Crippen LogP contribution in [0.15, 0.2) is 59.6 Å². The minimum atomic E-state index is -3.22. The summed E-state index contributed by atoms with van der Waals surface area (Å²) in [6.45, 7) is 3.80.